The fourth-order valence-electron chi connectivity index (χ4n) is 2.66. The maximum atomic E-state index is 12.4. The number of rotatable bonds is 4. The number of ether oxygens (including phenoxy) is 1. The lowest BCUT2D eigenvalue weighted by Gasteiger charge is -2.08. The van der Waals surface area contributed by atoms with E-state index in [1.807, 2.05) is 51.1 Å². The van der Waals surface area contributed by atoms with Crippen molar-refractivity contribution in [2.24, 2.45) is 0 Å². The van der Waals surface area contributed by atoms with E-state index in [0.29, 0.717) is 23.1 Å². The molecular formula is C19H19ClN2O2. The summed E-state index contributed by atoms with van der Waals surface area (Å²) >= 11 is 6.24. The zero-order valence-corrected chi connectivity index (χ0v) is 14.6. The molecule has 1 N–H and O–H groups in total. The van der Waals surface area contributed by atoms with Crippen molar-refractivity contribution < 1.29 is 4.74 Å². The van der Waals surface area contributed by atoms with Crippen molar-refractivity contribution in [1.29, 1.82) is 0 Å². The third-order valence-electron chi connectivity index (χ3n) is 4.10. The number of imidazole rings is 1. The van der Waals surface area contributed by atoms with E-state index in [9.17, 15) is 4.79 Å². The Morgan fingerprint density at radius 1 is 1.21 bits per heavy atom. The molecule has 24 heavy (non-hydrogen) atoms. The molecule has 0 aliphatic rings. The molecule has 1 heterocycles. The highest BCUT2D eigenvalue weighted by molar-refractivity contribution is 6.32. The van der Waals surface area contributed by atoms with E-state index >= 15 is 0 Å². The quantitative estimate of drug-likeness (QED) is 0.758. The number of halogens is 1. The number of benzene rings is 2. The molecule has 2 aromatic carbocycles. The Hall–Kier alpha value is -2.46. The van der Waals surface area contributed by atoms with E-state index in [1.165, 1.54) is 0 Å². The molecule has 5 heteroatoms. The summed E-state index contributed by atoms with van der Waals surface area (Å²) in [6, 6.07) is 11.4. The van der Waals surface area contributed by atoms with Gasteiger partial charge in [0.1, 0.15) is 5.75 Å². The molecule has 0 amide bonds. The van der Waals surface area contributed by atoms with Crippen molar-refractivity contribution in [1.82, 2.24) is 9.55 Å². The molecule has 0 unspecified atom stereocenters. The summed E-state index contributed by atoms with van der Waals surface area (Å²) in [4.78, 5) is 15.3. The minimum absolute atomic E-state index is 0.177. The summed E-state index contributed by atoms with van der Waals surface area (Å²) in [6.45, 7) is 6.51. The van der Waals surface area contributed by atoms with Gasteiger partial charge in [0.25, 0.3) is 0 Å². The van der Waals surface area contributed by atoms with Crippen molar-refractivity contribution in [2.75, 3.05) is 6.61 Å². The van der Waals surface area contributed by atoms with Gasteiger partial charge in [-0.3, -0.25) is 4.57 Å². The monoisotopic (exact) mass is 342 g/mol. The topological polar surface area (TPSA) is 47.0 Å². The second-order valence-corrected chi connectivity index (χ2v) is 6.05. The van der Waals surface area contributed by atoms with Gasteiger partial charge in [-0.1, -0.05) is 23.7 Å². The largest absolute Gasteiger partial charge is 0.492 e. The van der Waals surface area contributed by atoms with E-state index in [0.717, 1.165) is 22.4 Å². The molecule has 0 saturated heterocycles. The maximum Gasteiger partial charge on any atom is 0.330 e. The fourth-order valence-corrected chi connectivity index (χ4v) is 2.89. The Labute approximate surface area is 145 Å². The Bertz CT molecular complexity index is 941. The van der Waals surface area contributed by atoms with E-state index in [1.54, 1.807) is 16.8 Å². The summed E-state index contributed by atoms with van der Waals surface area (Å²) < 4.78 is 7.07. The minimum atomic E-state index is -0.177. The molecule has 0 atom stereocenters. The first-order valence-corrected chi connectivity index (χ1v) is 8.20. The van der Waals surface area contributed by atoms with Crippen LogP contribution in [0.25, 0.3) is 16.9 Å². The zero-order valence-electron chi connectivity index (χ0n) is 13.9. The van der Waals surface area contributed by atoms with Gasteiger partial charge in [-0.25, -0.2) is 4.79 Å². The molecule has 0 spiro atoms. The van der Waals surface area contributed by atoms with E-state index in [2.05, 4.69) is 4.98 Å². The van der Waals surface area contributed by atoms with Crippen molar-refractivity contribution >= 4 is 11.6 Å². The van der Waals surface area contributed by atoms with Gasteiger partial charge in [0, 0.05) is 11.8 Å². The van der Waals surface area contributed by atoms with Gasteiger partial charge in [0.2, 0.25) is 0 Å². The maximum absolute atomic E-state index is 12.4. The lowest BCUT2D eigenvalue weighted by molar-refractivity contribution is 0.340. The van der Waals surface area contributed by atoms with Crippen molar-refractivity contribution in [3.05, 3.63) is 69.2 Å². The number of aromatic amines is 1. The third-order valence-corrected chi connectivity index (χ3v) is 4.39. The highest BCUT2D eigenvalue weighted by atomic mass is 35.5. The van der Waals surface area contributed by atoms with Crippen LogP contribution in [-0.2, 0) is 0 Å². The van der Waals surface area contributed by atoms with Crippen LogP contribution in [-0.4, -0.2) is 16.2 Å². The number of aromatic nitrogens is 2. The summed E-state index contributed by atoms with van der Waals surface area (Å²) in [6.07, 6.45) is 1.80. The summed E-state index contributed by atoms with van der Waals surface area (Å²) in [5.74, 6) is 0.638. The summed E-state index contributed by atoms with van der Waals surface area (Å²) in [5.41, 5.74) is 4.47. The van der Waals surface area contributed by atoms with Crippen molar-refractivity contribution in [3.63, 3.8) is 0 Å². The Kier molecular flexibility index (Phi) is 4.49. The van der Waals surface area contributed by atoms with E-state index in [-0.39, 0.29) is 5.69 Å². The normalized spacial score (nSPS) is 10.8. The summed E-state index contributed by atoms with van der Waals surface area (Å²) in [5, 5.41) is 0.523. The predicted molar refractivity (Wildman–Crippen MR) is 97.5 cm³/mol. The molecule has 0 aliphatic heterocycles. The number of aryl methyl sites for hydroxylation is 1. The molecule has 0 saturated carbocycles. The highest BCUT2D eigenvalue weighted by Gasteiger charge is 2.11. The molecule has 3 aromatic rings. The minimum Gasteiger partial charge on any atom is -0.492 e. The SMILES string of the molecule is CCOc1ccc(-c2cn(-c3cccc(C)c3C)c(=O)[nH]2)cc1Cl. The molecule has 0 radical (unpaired) electrons. The standard InChI is InChI=1S/C19H19ClN2O2/c1-4-24-18-9-8-14(10-15(18)20)16-11-22(19(23)21-16)17-7-5-6-12(2)13(17)3/h5-11H,4H2,1-3H3,(H,21,23). The van der Waals surface area contributed by atoms with E-state index < -0.39 is 0 Å². The zero-order chi connectivity index (χ0) is 17.3. The van der Waals surface area contributed by atoms with Crippen LogP contribution in [0.5, 0.6) is 5.75 Å². The van der Waals surface area contributed by atoms with Crippen molar-refractivity contribution in [3.8, 4) is 22.7 Å². The summed E-state index contributed by atoms with van der Waals surface area (Å²) in [7, 11) is 0. The number of hydrogen-bond acceptors (Lipinski definition) is 2. The van der Waals surface area contributed by atoms with Crippen LogP contribution in [0, 0.1) is 13.8 Å². The lowest BCUT2D eigenvalue weighted by atomic mass is 10.1. The Balaban J connectivity index is 2.05. The average Bonchev–Trinajstić information content (AvgIpc) is 2.94. The first-order valence-electron chi connectivity index (χ1n) is 7.82. The van der Waals surface area contributed by atoms with Gasteiger partial charge in [0.15, 0.2) is 0 Å². The van der Waals surface area contributed by atoms with Crippen LogP contribution in [0.15, 0.2) is 47.4 Å². The molecule has 0 bridgehead atoms. The van der Waals surface area contributed by atoms with Gasteiger partial charge in [-0.15, -0.1) is 0 Å². The fraction of sp³-hybridized carbons (Fsp3) is 0.211. The van der Waals surface area contributed by atoms with Gasteiger partial charge in [-0.05, 0) is 56.2 Å². The highest BCUT2D eigenvalue weighted by Crippen LogP contribution is 2.29. The molecule has 124 valence electrons. The van der Waals surface area contributed by atoms with Crippen LogP contribution < -0.4 is 10.4 Å². The third kappa shape index (κ3) is 2.97. The molecular weight excluding hydrogens is 324 g/mol. The Morgan fingerprint density at radius 2 is 2.00 bits per heavy atom. The van der Waals surface area contributed by atoms with Gasteiger partial charge < -0.3 is 9.72 Å². The Morgan fingerprint density at radius 3 is 2.71 bits per heavy atom. The van der Waals surface area contributed by atoms with Crippen LogP contribution in [0.2, 0.25) is 5.02 Å². The van der Waals surface area contributed by atoms with Gasteiger partial charge in [-0.2, -0.15) is 0 Å². The lowest BCUT2D eigenvalue weighted by Crippen LogP contribution is -2.15. The molecule has 4 nitrogen and oxygen atoms in total. The number of nitrogens with zero attached hydrogens (tertiary/aromatic N) is 1. The first-order chi connectivity index (χ1) is 11.5. The van der Waals surface area contributed by atoms with Crippen LogP contribution in [0.3, 0.4) is 0 Å². The smallest absolute Gasteiger partial charge is 0.330 e. The predicted octanol–water partition coefficient (Wildman–Crippen LogP) is 4.50. The van der Waals surface area contributed by atoms with Crippen LogP contribution >= 0.6 is 11.6 Å². The number of H-pyrrole nitrogens is 1. The van der Waals surface area contributed by atoms with Crippen LogP contribution in [0.1, 0.15) is 18.1 Å². The van der Waals surface area contributed by atoms with E-state index in [4.69, 9.17) is 16.3 Å². The van der Waals surface area contributed by atoms with Gasteiger partial charge in [0.05, 0.1) is 23.0 Å². The first kappa shape index (κ1) is 16.4. The van der Waals surface area contributed by atoms with Gasteiger partial charge >= 0.3 is 5.69 Å². The average molecular weight is 343 g/mol. The molecule has 0 aliphatic carbocycles. The molecule has 1 aromatic heterocycles. The number of hydrogen-bond donors (Lipinski definition) is 1. The second kappa shape index (κ2) is 6.57. The number of nitrogens with one attached hydrogen (secondary N) is 1. The molecule has 0 fully saturated rings. The molecule has 3 rings (SSSR count). The van der Waals surface area contributed by atoms with Crippen LogP contribution in [0.4, 0.5) is 0 Å². The van der Waals surface area contributed by atoms with Crippen molar-refractivity contribution in [2.45, 2.75) is 20.8 Å². The second-order valence-electron chi connectivity index (χ2n) is 5.64.